The van der Waals surface area contributed by atoms with E-state index in [1.165, 1.54) is 263 Å². The molecule has 0 nitrogen and oxygen atoms in total. The molecule has 0 spiro atoms. The zero-order valence-corrected chi connectivity index (χ0v) is 42.3. The van der Waals surface area contributed by atoms with Gasteiger partial charge < -0.3 is 0 Å². The molecule has 0 saturated heterocycles. The topological polar surface area (TPSA) is 0 Å². The monoisotopic (exact) mass is 821 g/mol. The van der Waals surface area contributed by atoms with Gasteiger partial charge in [-0.3, -0.25) is 0 Å². The Morgan fingerprint density at radius 2 is 0.246 bits per heavy atom. The van der Waals surface area contributed by atoms with Crippen LogP contribution in [0.2, 0.25) is 0 Å². The summed E-state index contributed by atoms with van der Waals surface area (Å²) in [5.41, 5.74) is 0. The van der Waals surface area contributed by atoms with Crippen LogP contribution in [-0.4, -0.2) is 24.6 Å². The van der Waals surface area contributed by atoms with Gasteiger partial charge >= 0.3 is 289 Å². The van der Waals surface area contributed by atoms with Gasteiger partial charge in [-0.1, -0.05) is 78.6 Å². The van der Waals surface area contributed by atoms with Crippen molar-refractivity contribution in [3.63, 3.8) is 0 Å². The quantitative estimate of drug-likeness (QED) is 0.0424. The Labute approximate surface area is 366 Å². The third-order valence-corrected chi connectivity index (χ3v) is 19.9. The van der Waals surface area contributed by atoms with Crippen molar-refractivity contribution in [2.45, 2.75) is 336 Å². The third kappa shape index (κ3) is 45.8. The van der Waals surface area contributed by atoms with Crippen molar-refractivity contribution >= 4 is 7.26 Å². The van der Waals surface area contributed by atoms with Crippen LogP contribution >= 0.6 is 7.26 Å². The second-order valence-corrected chi connectivity index (χ2v) is 25.1. The van der Waals surface area contributed by atoms with Crippen LogP contribution in [0, 0.1) is 0 Å². The number of unbranched alkanes of at least 4 members (excludes halogenated alkanes) is 44. The zero-order valence-electron chi connectivity index (χ0n) is 41.3. The molecular weight excluding hydrogens is 704 g/mol. The van der Waals surface area contributed by atoms with E-state index in [9.17, 15) is 0 Å². The fourth-order valence-electron chi connectivity index (χ4n) is 10.1. The molecule has 0 saturated carbocycles. The molecule has 0 fully saturated rings. The van der Waals surface area contributed by atoms with Gasteiger partial charge in [0.15, 0.2) is 0 Å². The van der Waals surface area contributed by atoms with Crippen LogP contribution in [0.5, 0.6) is 0 Å². The van der Waals surface area contributed by atoms with Gasteiger partial charge in [-0.25, -0.2) is 0 Å². The molecule has 0 amide bonds. The molecule has 1 heteroatoms. The molecule has 0 heterocycles. The minimum absolute atomic E-state index is 1.17. The molecule has 0 aliphatic carbocycles. The van der Waals surface area contributed by atoms with Crippen LogP contribution in [0.3, 0.4) is 0 Å². The second kappa shape index (κ2) is 50.8. The van der Waals surface area contributed by atoms with Gasteiger partial charge in [-0.2, -0.15) is 0 Å². The Morgan fingerprint density at radius 1 is 0.140 bits per heavy atom. The van der Waals surface area contributed by atoms with Crippen molar-refractivity contribution in [2.75, 3.05) is 24.6 Å². The summed E-state index contributed by atoms with van der Waals surface area (Å²) in [4.78, 5) is 0. The Bertz CT molecular complexity index is 606. The fourth-order valence-corrected chi connectivity index (χ4v) is 15.6. The predicted octanol–water partition coefficient (Wildman–Crippen LogP) is 21.5. The van der Waals surface area contributed by atoms with Gasteiger partial charge in [0.25, 0.3) is 0 Å². The van der Waals surface area contributed by atoms with Gasteiger partial charge in [-0.15, -0.1) is 0 Å². The van der Waals surface area contributed by atoms with Crippen LogP contribution in [0.15, 0.2) is 0 Å². The SMILES string of the molecule is CCCCCCCCCCCCCCCC[PH](CCCCCCCC)(CCCCCCCCCCCCCCCC)CCCCCCCCCCCCCCCC. The van der Waals surface area contributed by atoms with Crippen LogP contribution < -0.4 is 0 Å². The van der Waals surface area contributed by atoms with E-state index in [1.54, 1.807) is 69.6 Å². The van der Waals surface area contributed by atoms with Crippen LogP contribution in [0.1, 0.15) is 336 Å². The summed E-state index contributed by atoms with van der Waals surface area (Å²) in [7, 11) is -1.17. The summed E-state index contributed by atoms with van der Waals surface area (Å²) in [6, 6.07) is 0. The van der Waals surface area contributed by atoms with Gasteiger partial charge in [-0.05, 0) is 0 Å². The number of hydrogen-bond acceptors (Lipinski definition) is 0. The third-order valence-electron chi connectivity index (χ3n) is 14.2. The predicted molar refractivity (Wildman–Crippen MR) is 272 cm³/mol. The normalized spacial score (nSPS) is 12.3. The van der Waals surface area contributed by atoms with Crippen molar-refractivity contribution in [2.24, 2.45) is 0 Å². The fraction of sp³-hybridized carbons (Fsp3) is 1.00. The molecule has 0 rings (SSSR count). The maximum absolute atomic E-state index is 2.38. The molecule has 0 aromatic heterocycles. The van der Waals surface area contributed by atoms with E-state index >= 15 is 0 Å². The molecule has 0 N–H and O–H groups in total. The van der Waals surface area contributed by atoms with Gasteiger partial charge in [0.05, 0.1) is 0 Å². The van der Waals surface area contributed by atoms with E-state index in [1.807, 2.05) is 0 Å². The van der Waals surface area contributed by atoms with Crippen molar-refractivity contribution in [3.05, 3.63) is 0 Å². The zero-order chi connectivity index (χ0) is 41.3. The molecule has 0 unspecified atom stereocenters. The van der Waals surface area contributed by atoms with Crippen molar-refractivity contribution in [1.82, 2.24) is 0 Å². The van der Waals surface area contributed by atoms with Gasteiger partial charge in [0, 0.05) is 0 Å². The summed E-state index contributed by atoms with van der Waals surface area (Å²) >= 11 is 0. The van der Waals surface area contributed by atoms with E-state index in [4.69, 9.17) is 0 Å². The molecule has 0 bridgehead atoms. The van der Waals surface area contributed by atoms with E-state index < -0.39 is 7.26 Å². The standard InChI is InChI=1S/C56H117P/c1-5-9-13-17-21-24-27-30-33-36-39-42-46-50-54-57(53-49-45-20-16-12-8-4,55-51-47-43-40-37-34-31-28-25-22-18-14-10-6-2)56-52-48-44-41-38-35-32-29-26-23-19-15-11-7-3/h57H,5-56H2,1-4H3. The molecular formula is C56H117P. The number of hydrogen-bond donors (Lipinski definition) is 0. The minimum Gasteiger partial charge on any atom is -0.0654 e. The molecule has 0 aromatic rings. The Hall–Kier alpha value is 0.430. The summed E-state index contributed by atoms with van der Waals surface area (Å²) in [6.07, 6.45) is 78.5. The molecule has 0 aliphatic heterocycles. The summed E-state index contributed by atoms with van der Waals surface area (Å²) < 4.78 is 0. The average molecular weight is 822 g/mol. The molecule has 0 aromatic carbocycles. The molecule has 57 heavy (non-hydrogen) atoms. The Balaban J connectivity index is 4.73. The first-order chi connectivity index (χ1) is 28.2. The molecule has 0 radical (unpaired) electrons. The smallest absolute Gasteiger partial charge is 0.0654 e. The van der Waals surface area contributed by atoms with Crippen LogP contribution in [0.4, 0.5) is 0 Å². The summed E-state index contributed by atoms with van der Waals surface area (Å²) in [5, 5.41) is 0. The van der Waals surface area contributed by atoms with E-state index in [2.05, 4.69) is 27.7 Å². The summed E-state index contributed by atoms with van der Waals surface area (Å²) in [5.74, 6) is 0. The van der Waals surface area contributed by atoms with E-state index in [0.29, 0.717) is 0 Å². The summed E-state index contributed by atoms with van der Waals surface area (Å²) in [6.45, 7) is 9.37. The van der Waals surface area contributed by atoms with Crippen molar-refractivity contribution in [3.8, 4) is 0 Å². The Kier molecular flexibility index (Phi) is 51.2. The second-order valence-electron chi connectivity index (χ2n) is 20.1. The minimum atomic E-state index is -1.17. The average Bonchev–Trinajstić information content (AvgIpc) is 3.22. The van der Waals surface area contributed by atoms with Gasteiger partial charge in [0.1, 0.15) is 0 Å². The number of rotatable bonds is 52. The molecule has 0 atom stereocenters. The molecule has 346 valence electrons. The first-order valence-corrected chi connectivity index (χ1v) is 31.1. The first kappa shape index (κ1) is 57.4. The van der Waals surface area contributed by atoms with Crippen LogP contribution in [-0.2, 0) is 0 Å². The maximum atomic E-state index is 2.38. The van der Waals surface area contributed by atoms with Crippen molar-refractivity contribution < 1.29 is 0 Å². The molecule has 0 aliphatic rings. The van der Waals surface area contributed by atoms with Crippen molar-refractivity contribution in [1.29, 1.82) is 0 Å². The Morgan fingerprint density at radius 3 is 0.368 bits per heavy atom. The van der Waals surface area contributed by atoms with Crippen LogP contribution in [0.25, 0.3) is 0 Å². The first-order valence-electron chi connectivity index (χ1n) is 28.2. The van der Waals surface area contributed by atoms with E-state index in [-0.39, 0.29) is 0 Å². The van der Waals surface area contributed by atoms with E-state index in [0.717, 1.165) is 0 Å². The van der Waals surface area contributed by atoms with Gasteiger partial charge in [0.2, 0.25) is 0 Å².